The van der Waals surface area contributed by atoms with Crippen molar-refractivity contribution >= 4 is 46.0 Å². The summed E-state index contributed by atoms with van der Waals surface area (Å²) in [5.74, 6) is 0.679. The minimum Gasteiger partial charge on any atom is -0.459 e. The van der Waals surface area contributed by atoms with Gasteiger partial charge in [0.15, 0.2) is 11.4 Å². The van der Waals surface area contributed by atoms with Crippen molar-refractivity contribution in [3.63, 3.8) is 0 Å². The van der Waals surface area contributed by atoms with Gasteiger partial charge in [0.25, 0.3) is 5.91 Å². The maximum absolute atomic E-state index is 12.3. The van der Waals surface area contributed by atoms with Gasteiger partial charge < -0.3 is 20.0 Å². The van der Waals surface area contributed by atoms with Crippen molar-refractivity contribution in [2.75, 3.05) is 10.6 Å². The standard InChI is InChI=1S/C28H24ClN5O3/c1-16(2)12-25(35)31-19-7-5-17(6-8-19)18-13-23-27(30-15-18)34-26(33-23)21-14-20(9-10-22(21)29)32-28(36)24-4-3-11-37-24/h3-11,13-16H,12H2,1-2H3,(H,31,35)(H,32,36)(H,30,33,34). The van der Waals surface area contributed by atoms with Crippen LogP contribution in [0.2, 0.25) is 5.02 Å². The summed E-state index contributed by atoms with van der Waals surface area (Å²) in [4.78, 5) is 36.7. The number of pyridine rings is 1. The van der Waals surface area contributed by atoms with Crippen LogP contribution in [0.4, 0.5) is 11.4 Å². The molecule has 0 aliphatic heterocycles. The number of aromatic nitrogens is 3. The average Bonchev–Trinajstić information content (AvgIpc) is 3.55. The van der Waals surface area contributed by atoms with Gasteiger partial charge >= 0.3 is 0 Å². The number of aromatic amines is 1. The maximum atomic E-state index is 12.3. The lowest BCUT2D eigenvalue weighted by molar-refractivity contribution is -0.116. The van der Waals surface area contributed by atoms with Crippen molar-refractivity contribution in [2.45, 2.75) is 20.3 Å². The largest absolute Gasteiger partial charge is 0.459 e. The highest BCUT2D eigenvalue weighted by molar-refractivity contribution is 6.33. The second-order valence-electron chi connectivity index (χ2n) is 9.03. The summed E-state index contributed by atoms with van der Waals surface area (Å²) in [6.07, 6.45) is 3.67. The molecule has 0 radical (unpaired) electrons. The number of furan rings is 1. The molecule has 8 nitrogen and oxygen atoms in total. The van der Waals surface area contributed by atoms with Gasteiger partial charge in [0, 0.05) is 35.1 Å². The summed E-state index contributed by atoms with van der Waals surface area (Å²) < 4.78 is 5.15. The third-order valence-electron chi connectivity index (χ3n) is 5.66. The lowest BCUT2D eigenvalue weighted by atomic mass is 10.1. The summed E-state index contributed by atoms with van der Waals surface area (Å²) in [6.45, 7) is 4.02. The van der Waals surface area contributed by atoms with Gasteiger partial charge in [0.2, 0.25) is 5.91 Å². The normalized spacial score (nSPS) is 11.1. The molecule has 9 heteroatoms. The molecular weight excluding hydrogens is 490 g/mol. The highest BCUT2D eigenvalue weighted by atomic mass is 35.5. The summed E-state index contributed by atoms with van der Waals surface area (Å²) >= 11 is 6.46. The van der Waals surface area contributed by atoms with Crippen LogP contribution in [0, 0.1) is 5.92 Å². The van der Waals surface area contributed by atoms with Gasteiger partial charge in [0.05, 0.1) is 16.8 Å². The molecule has 0 saturated heterocycles. The first-order chi connectivity index (χ1) is 17.9. The van der Waals surface area contributed by atoms with E-state index in [1.807, 2.05) is 44.2 Å². The van der Waals surface area contributed by atoms with E-state index in [2.05, 4.69) is 25.6 Å². The number of anilines is 2. The van der Waals surface area contributed by atoms with Crippen molar-refractivity contribution in [1.29, 1.82) is 0 Å². The molecule has 0 spiro atoms. The molecule has 0 aliphatic carbocycles. The number of hydrogen-bond acceptors (Lipinski definition) is 5. The summed E-state index contributed by atoms with van der Waals surface area (Å²) in [7, 11) is 0. The second-order valence-corrected chi connectivity index (χ2v) is 9.44. The smallest absolute Gasteiger partial charge is 0.291 e. The quantitative estimate of drug-likeness (QED) is 0.222. The topological polar surface area (TPSA) is 113 Å². The van der Waals surface area contributed by atoms with Crippen LogP contribution in [0.15, 0.2) is 77.5 Å². The number of rotatable bonds is 7. The van der Waals surface area contributed by atoms with Crippen molar-refractivity contribution in [2.24, 2.45) is 5.92 Å². The number of H-pyrrole nitrogens is 1. The fourth-order valence-corrected chi connectivity index (χ4v) is 4.11. The Morgan fingerprint density at radius 3 is 2.51 bits per heavy atom. The molecule has 3 aromatic heterocycles. The molecule has 2 aromatic carbocycles. The fourth-order valence-electron chi connectivity index (χ4n) is 3.90. The van der Waals surface area contributed by atoms with E-state index >= 15 is 0 Å². The van der Waals surface area contributed by atoms with Gasteiger partial charge in [-0.05, 0) is 60.0 Å². The number of amides is 2. The molecule has 3 N–H and O–H groups in total. The predicted octanol–water partition coefficient (Wildman–Crippen LogP) is 6.78. The Balaban J connectivity index is 1.37. The Labute approximate surface area is 218 Å². The van der Waals surface area contributed by atoms with Crippen LogP contribution in [0.3, 0.4) is 0 Å². The predicted molar refractivity (Wildman–Crippen MR) is 145 cm³/mol. The van der Waals surface area contributed by atoms with E-state index < -0.39 is 0 Å². The van der Waals surface area contributed by atoms with Gasteiger partial charge in [-0.25, -0.2) is 9.97 Å². The molecule has 5 rings (SSSR count). The molecule has 2 amide bonds. The first-order valence-corrected chi connectivity index (χ1v) is 12.1. The molecule has 3 heterocycles. The zero-order chi connectivity index (χ0) is 25.9. The molecule has 37 heavy (non-hydrogen) atoms. The minimum atomic E-state index is -0.361. The number of fused-ring (bicyclic) bond motifs is 1. The lowest BCUT2D eigenvalue weighted by Crippen LogP contribution is -2.13. The van der Waals surface area contributed by atoms with E-state index in [1.54, 1.807) is 36.5 Å². The van der Waals surface area contributed by atoms with E-state index in [4.69, 9.17) is 16.0 Å². The Morgan fingerprint density at radius 2 is 1.78 bits per heavy atom. The number of imidazole rings is 1. The molecule has 5 aromatic rings. The molecule has 0 aliphatic rings. The average molecular weight is 514 g/mol. The SMILES string of the molecule is CC(C)CC(=O)Nc1ccc(-c2cnc3nc(-c4cc(NC(=O)c5ccco5)ccc4Cl)[nH]c3c2)cc1. The van der Waals surface area contributed by atoms with E-state index in [1.165, 1.54) is 6.26 Å². The number of carbonyl (C=O) groups is 2. The van der Waals surface area contributed by atoms with Crippen LogP contribution >= 0.6 is 11.6 Å². The maximum Gasteiger partial charge on any atom is 0.291 e. The first-order valence-electron chi connectivity index (χ1n) is 11.8. The van der Waals surface area contributed by atoms with Crippen LogP contribution < -0.4 is 10.6 Å². The van der Waals surface area contributed by atoms with Gasteiger partial charge in [-0.3, -0.25) is 9.59 Å². The monoisotopic (exact) mass is 513 g/mol. The lowest BCUT2D eigenvalue weighted by Gasteiger charge is -2.08. The van der Waals surface area contributed by atoms with Crippen molar-refractivity contribution < 1.29 is 14.0 Å². The zero-order valence-electron chi connectivity index (χ0n) is 20.2. The molecule has 0 atom stereocenters. The van der Waals surface area contributed by atoms with Gasteiger partial charge in [-0.1, -0.05) is 37.6 Å². The number of nitrogens with zero attached hydrogens (tertiary/aromatic N) is 2. The van der Waals surface area contributed by atoms with E-state index in [0.717, 1.165) is 22.3 Å². The van der Waals surface area contributed by atoms with Crippen LogP contribution in [0.1, 0.15) is 30.8 Å². The van der Waals surface area contributed by atoms with Crippen LogP contribution in [0.5, 0.6) is 0 Å². The number of benzene rings is 2. The highest BCUT2D eigenvalue weighted by Crippen LogP contribution is 2.31. The van der Waals surface area contributed by atoms with Gasteiger partial charge in [0.1, 0.15) is 5.82 Å². The Bertz CT molecular complexity index is 1570. The van der Waals surface area contributed by atoms with Crippen molar-refractivity contribution in [3.05, 3.63) is 83.9 Å². The van der Waals surface area contributed by atoms with Crippen LogP contribution in [-0.2, 0) is 4.79 Å². The summed E-state index contributed by atoms with van der Waals surface area (Å²) in [6, 6.07) is 18.0. The van der Waals surface area contributed by atoms with E-state index in [9.17, 15) is 9.59 Å². The van der Waals surface area contributed by atoms with Crippen molar-refractivity contribution in [3.8, 4) is 22.5 Å². The Hall–Kier alpha value is -4.43. The number of nitrogens with one attached hydrogen (secondary N) is 3. The number of carbonyl (C=O) groups excluding carboxylic acids is 2. The van der Waals surface area contributed by atoms with Crippen LogP contribution in [0.25, 0.3) is 33.7 Å². The van der Waals surface area contributed by atoms with Gasteiger partial charge in [-0.2, -0.15) is 0 Å². The summed E-state index contributed by atoms with van der Waals surface area (Å²) in [5.41, 5.74) is 5.05. The fraction of sp³-hybridized carbons (Fsp3) is 0.143. The number of hydrogen-bond donors (Lipinski definition) is 3. The summed E-state index contributed by atoms with van der Waals surface area (Å²) in [5, 5.41) is 6.19. The molecule has 0 saturated carbocycles. The molecule has 0 bridgehead atoms. The highest BCUT2D eigenvalue weighted by Gasteiger charge is 2.14. The molecule has 0 unspecified atom stereocenters. The molecular formula is C28H24ClN5O3. The third kappa shape index (κ3) is 5.54. The molecule has 186 valence electrons. The Morgan fingerprint density at radius 1 is 1.00 bits per heavy atom. The van der Waals surface area contributed by atoms with E-state index in [-0.39, 0.29) is 17.6 Å². The van der Waals surface area contributed by atoms with E-state index in [0.29, 0.717) is 40.1 Å². The zero-order valence-corrected chi connectivity index (χ0v) is 21.0. The third-order valence-corrected chi connectivity index (χ3v) is 5.99. The Kier molecular flexibility index (Phi) is 6.74. The first kappa shape index (κ1) is 24.3. The minimum absolute atomic E-state index is 0.000845. The molecule has 0 fully saturated rings. The van der Waals surface area contributed by atoms with Crippen molar-refractivity contribution in [1.82, 2.24) is 15.0 Å². The van der Waals surface area contributed by atoms with Crippen LogP contribution in [-0.4, -0.2) is 26.8 Å². The second kappa shape index (κ2) is 10.3. The number of halogens is 1. The van der Waals surface area contributed by atoms with Gasteiger partial charge in [-0.15, -0.1) is 0 Å².